The van der Waals surface area contributed by atoms with E-state index in [9.17, 15) is 50.8 Å². The molecule has 42 heavy (non-hydrogen) atoms. The first-order valence-electron chi connectivity index (χ1n) is 12.9. The fourth-order valence-corrected chi connectivity index (χ4v) is 4.78. The van der Waals surface area contributed by atoms with Gasteiger partial charge in [-0.25, -0.2) is 0 Å². The van der Waals surface area contributed by atoms with Crippen molar-refractivity contribution in [2.45, 2.75) is 68.3 Å². The minimum atomic E-state index is -1.78. The molecule has 1 aromatic heterocycles. The lowest BCUT2D eigenvalue weighted by Gasteiger charge is -2.39. The standard InChI is InChI=1S/C27H30O15/c1-9-17(31)20(34)22(36)26(38-9)42-25-19(33)16-13(30)6-11(29)7-14(16)40-24(25)10-2-4-12(5-3-10)39-27-23(37)21(35)18(32)15(8-28)41-27/h2-7,9,15,17-18,20-23,26-32,34-37H,8H2,1H3/t9-,15+,17-,18-,20+,21-,22+,23+,26-,27+/m0/s1. The van der Waals surface area contributed by atoms with Crippen molar-refractivity contribution in [3.8, 4) is 34.3 Å². The molecule has 2 aromatic carbocycles. The van der Waals surface area contributed by atoms with Gasteiger partial charge in [-0.15, -0.1) is 0 Å². The van der Waals surface area contributed by atoms with Crippen molar-refractivity contribution in [1.82, 2.24) is 0 Å². The number of benzene rings is 2. The molecule has 2 saturated heterocycles. The number of aliphatic hydroxyl groups is 7. The number of hydrogen-bond donors (Lipinski definition) is 9. The maximum absolute atomic E-state index is 13.5. The van der Waals surface area contributed by atoms with E-state index in [1.807, 2.05) is 0 Å². The van der Waals surface area contributed by atoms with Crippen molar-refractivity contribution in [2.75, 3.05) is 6.61 Å². The normalized spacial score (nSPS) is 33.4. The smallest absolute Gasteiger partial charge is 0.239 e. The Balaban J connectivity index is 1.51. The molecule has 10 atom stereocenters. The second-order valence-corrected chi connectivity index (χ2v) is 10.1. The SMILES string of the molecule is C[C@@H]1O[C@@H](Oc2c(-c3ccc(O[C@@H]4O[C@H](CO)[C@H](O)[C@H](O)[C@H]4O)cc3)oc3cc(O)cc(O)c3c2=O)[C@H](O)[C@H](O)[C@H]1O. The van der Waals surface area contributed by atoms with Crippen LogP contribution in [0, 0.1) is 0 Å². The summed E-state index contributed by atoms with van der Waals surface area (Å²) >= 11 is 0. The van der Waals surface area contributed by atoms with E-state index >= 15 is 0 Å². The molecule has 0 spiro atoms. The molecule has 2 aliphatic heterocycles. The maximum Gasteiger partial charge on any atom is 0.239 e. The van der Waals surface area contributed by atoms with Gasteiger partial charge >= 0.3 is 0 Å². The summed E-state index contributed by atoms with van der Waals surface area (Å²) in [7, 11) is 0. The number of phenols is 2. The first kappa shape index (κ1) is 30.0. The minimum Gasteiger partial charge on any atom is -0.508 e. The van der Waals surface area contributed by atoms with Gasteiger partial charge in [0.1, 0.15) is 70.9 Å². The summed E-state index contributed by atoms with van der Waals surface area (Å²) in [5.74, 6) is -1.69. The van der Waals surface area contributed by atoms with Crippen molar-refractivity contribution in [2.24, 2.45) is 0 Å². The summed E-state index contributed by atoms with van der Waals surface area (Å²) in [5.41, 5.74) is -0.934. The molecule has 3 heterocycles. The first-order chi connectivity index (χ1) is 19.9. The number of hydrogen-bond acceptors (Lipinski definition) is 15. The van der Waals surface area contributed by atoms with Crippen LogP contribution in [0.2, 0.25) is 0 Å². The number of aromatic hydroxyl groups is 2. The Hall–Kier alpha value is -3.51. The lowest BCUT2D eigenvalue weighted by molar-refractivity contribution is -0.277. The van der Waals surface area contributed by atoms with Crippen molar-refractivity contribution >= 4 is 11.0 Å². The summed E-state index contributed by atoms with van der Waals surface area (Å²) in [6.45, 7) is 0.773. The van der Waals surface area contributed by atoms with E-state index in [2.05, 4.69) is 0 Å². The van der Waals surface area contributed by atoms with Gasteiger partial charge < -0.3 is 69.3 Å². The Bertz CT molecular complexity index is 1470. The second kappa shape index (κ2) is 11.6. The molecule has 3 aromatic rings. The third-order valence-electron chi connectivity index (χ3n) is 7.18. The summed E-state index contributed by atoms with van der Waals surface area (Å²) in [5, 5.41) is 90.2. The first-order valence-corrected chi connectivity index (χ1v) is 12.9. The van der Waals surface area contributed by atoms with E-state index in [0.29, 0.717) is 0 Å². The van der Waals surface area contributed by atoms with Crippen LogP contribution in [0.3, 0.4) is 0 Å². The summed E-state index contributed by atoms with van der Waals surface area (Å²) in [6.07, 6.45) is -15.0. The van der Waals surface area contributed by atoms with E-state index in [-0.39, 0.29) is 28.0 Å². The number of fused-ring (bicyclic) bond motifs is 1. The quantitative estimate of drug-likeness (QED) is 0.154. The summed E-state index contributed by atoms with van der Waals surface area (Å²) < 4.78 is 27.9. The highest BCUT2D eigenvalue weighted by molar-refractivity contribution is 5.88. The van der Waals surface area contributed by atoms with Gasteiger partial charge in [-0.1, -0.05) is 0 Å². The molecule has 15 heteroatoms. The zero-order chi connectivity index (χ0) is 30.5. The van der Waals surface area contributed by atoms with Crippen LogP contribution in [0.1, 0.15) is 6.92 Å². The Labute approximate surface area is 236 Å². The molecule has 9 N–H and O–H groups in total. The van der Waals surface area contributed by atoms with Crippen LogP contribution in [0.5, 0.6) is 23.0 Å². The van der Waals surface area contributed by atoms with Crippen molar-refractivity contribution in [3.63, 3.8) is 0 Å². The van der Waals surface area contributed by atoms with Crippen LogP contribution < -0.4 is 14.9 Å². The zero-order valence-corrected chi connectivity index (χ0v) is 21.9. The van der Waals surface area contributed by atoms with Gasteiger partial charge in [0.2, 0.25) is 23.8 Å². The largest absolute Gasteiger partial charge is 0.508 e. The van der Waals surface area contributed by atoms with Crippen molar-refractivity contribution in [3.05, 3.63) is 46.6 Å². The average molecular weight is 595 g/mol. The van der Waals surface area contributed by atoms with Gasteiger partial charge in [0.05, 0.1) is 12.7 Å². The molecule has 2 aliphatic rings. The van der Waals surface area contributed by atoms with Crippen LogP contribution >= 0.6 is 0 Å². The van der Waals surface area contributed by atoms with E-state index in [4.69, 9.17) is 23.4 Å². The van der Waals surface area contributed by atoms with Crippen LogP contribution in [0.15, 0.2) is 45.6 Å². The van der Waals surface area contributed by atoms with E-state index in [1.165, 1.54) is 31.2 Å². The number of phenolic OH excluding ortho intramolecular Hbond substituents is 2. The molecule has 0 saturated carbocycles. The Morgan fingerprint density at radius 2 is 1.40 bits per heavy atom. The van der Waals surface area contributed by atoms with Crippen molar-refractivity contribution < 1.29 is 69.3 Å². The fraction of sp³-hybridized carbons (Fsp3) is 0.444. The van der Waals surface area contributed by atoms with Gasteiger partial charge in [0.15, 0.2) is 5.76 Å². The molecule has 0 bridgehead atoms. The number of rotatable bonds is 6. The number of aliphatic hydroxyl groups excluding tert-OH is 7. The highest BCUT2D eigenvalue weighted by atomic mass is 16.7. The fourth-order valence-electron chi connectivity index (χ4n) is 4.78. The Kier molecular flexibility index (Phi) is 8.30. The second-order valence-electron chi connectivity index (χ2n) is 10.1. The van der Waals surface area contributed by atoms with Crippen LogP contribution in [-0.2, 0) is 9.47 Å². The third kappa shape index (κ3) is 5.37. The Morgan fingerprint density at radius 3 is 2.05 bits per heavy atom. The lowest BCUT2D eigenvalue weighted by Crippen LogP contribution is -2.60. The monoisotopic (exact) mass is 594 g/mol. The van der Waals surface area contributed by atoms with Gasteiger partial charge in [-0.3, -0.25) is 4.79 Å². The van der Waals surface area contributed by atoms with Crippen molar-refractivity contribution in [1.29, 1.82) is 0 Å². The summed E-state index contributed by atoms with van der Waals surface area (Å²) in [4.78, 5) is 13.5. The van der Waals surface area contributed by atoms with Crippen LogP contribution in [-0.4, -0.2) is 114 Å². The summed E-state index contributed by atoms with van der Waals surface area (Å²) in [6, 6.07) is 7.56. The number of ether oxygens (including phenoxy) is 4. The maximum atomic E-state index is 13.5. The molecule has 0 amide bonds. The van der Waals surface area contributed by atoms with Gasteiger partial charge in [-0.05, 0) is 31.2 Å². The van der Waals surface area contributed by atoms with Gasteiger partial charge in [-0.2, -0.15) is 0 Å². The zero-order valence-electron chi connectivity index (χ0n) is 21.9. The minimum absolute atomic E-state index is 0.0981. The van der Waals surface area contributed by atoms with Gasteiger partial charge in [0.25, 0.3) is 0 Å². The highest BCUT2D eigenvalue weighted by Crippen LogP contribution is 2.38. The predicted molar refractivity (Wildman–Crippen MR) is 139 cm³/mol. The van der Waals surface area contributed by atoms with E-state index in [0.717, 1.165) is 12.1 Å². The van der Waals surface area contributed by atoms with Gasteiger partial charge in [0, 0.05) is 17.7 Å². The molecule has 0 aliphatic carbocycles. The molecule has 0 radical (unpaired) electrons. The van der Waals surface area contributed by atoms with E-state index in [1.54, 1.807) is 0 Å². The Morgan fingerprint density at radius 1 is 0.786 bits per heavy atom. The molecule has 5 rings (SSSR count). The molecular formula is C27H30O15. The van der Waals surface area contributed by atoms with E-state index < -0.39 is 90.7 Å². The average Bonchev–Trinajstić information content (AvgIpc) is 2.96. The van der Waals surface area contributed by atoms with Crippen LogP contribution in [0.25, 0.3) is 22.3 Å². The predicted octanol–water partition coefficient (Wildman–Crippen LogP) is -1.74. The molecule has 0 unspecified atom stereocenters. The molecule has 2 fully saturated rings. The topological polar surface area (TPSA) is 249 Å². The molecular weight excluding hydrogens is 564 g/mol. The van der Waals surface area contributed by atoms with Crippen LogP contribution in [0.4, 0.5) is 0 Å². The third-order valence-corrected chi connectivity index (χ3v) is 7.18. The molecule has 15 nitrogen and oxygen atoms in total. The molecule has 228 valence electrons. The highest BCUT2D eigenvalue weighted by Gasteiger charge is 2.45. The lowest BCUT2D eigenvalue weighted by atomic mass is 9.99.